The molecular weight excluding hydrogens is 318 g/mol. The summed E-state index contributed by atoms with van der Waals surface area (Å²) in [5.74, 6) is 1.72. The van der Waals surface area contributed by atoms with Crippen molar-refractivity contribution in [3.63, 3.8) is 0 Å². The summed E-state index contributed by atoms with van der Waals surface area (Å²) in [6.07, 6.45) is 0.822. The van der Waals surface area contributed by atoms with Crippen molar-refractivity contribution in [2.75, 3.05) is 19.8 Å². The Bertz CT molecular complexity index is 546. The average Bonchev–Trinajstić information content (AvgIpc) is 2.46. The van der Waals surface area contributed by atoms with Crippen molar-refractivity contribution < 1.29 is 9.47 Å². The van der Waals surface area contributed by atoms with Crippen molar-refractivity contribution in [1.29, 1.82) is 0 Å². The highest BCUT2D eigenvalue weighted by atomic mass is 79.9. The lowest BCUT2D eigenvalue weighted by molar-refractivity contribution is 0.216. The van der Waals surface area contributed by atoms with E-state index in [0.29, 0.717) is 19.8 Å². The van der Waals surface area contributed by atoms with Gasteiger partial charge in [-0.05, 0) is 42.8 Å². The van der Waals surface area contributed by atoms with Gasteiger partial charge in [0.1, 0.15) is 24.7 Å². The minimum Gasteiger partial charge on any atom is -0.490 e. The van der Waals surface area contributed by atoms with Gasteiger partial charge in [0.25, 0.3) is 0 Å². The smallest absolute Gasteiger partial charge is 0.122 e. The molecule has 20 heavy (non-hydrogen) atoms. The molecule has 0 saturated carbocycles. The minimum atomic E-state index is 0.507. The number of hydrogen-bond donors (Lipinski definition) is 1. The second-order valence-corrected chi connectivity index (χ2v) is 5.22. The van der Waals surface area contributed by atoms with Crippen molar-refractivity contribution in [3.8, 4) is 11.5 Å². The fourth-order valence-electron chi connectivity index (χ4n) is 1.87. The molecule has 0 aliphatic heterocycles. The molecule has 3 nitrogen and oxygen atoms in total. The van der Waals surface area contributed by atoms with E-state index in [1.165, 1.54) is 0 Å². The maximum Gasteiger partial charge on any atom is 0.122 e. The van der Waals surface area contributed by atoms with Crippen LogP contribution in [0.4, 0.5) is 0 Å². The molecule has 0 heterocycles. The fourth-order valence-corrected chi connectivity index (χ4v) is 2.25. The van der Waals surface area contributed by atoms with E-state index >= 15 is 0 Å². The molecular formula is C16H18BrNO2. The van der Waals surface area contributed by atoms with Gasteiger partial charge in [0.05, 0.1) is 0 Å². The van der Waals surface area contributed by atoms with Crippen LogP contribution in [0.5, 0.6) is 11.5 Å². The zero-order valence-electron chi connectivity index (χ0n) is 11.2. The highest BCUT2D eigenvalue weighted by Gasteiger charge is 2.02. The molecule has 0 saturated heterocycles. The van der Waals surface area contributed by atoms with E-state index in [-0.39, 0.29) is 0 Å². The highest BCUT2D eigenvalue weighted by molar-refractivity contribution is 9.10. The Morgan fingerprint density at radius 3 is 2.55 bits per heavy atom. The van der Waals surface area contributed by atoms with E-state index in [1.807, 2.05) is 48.5 Å². The van der Waals surface area contributed by atoms with Gasteiger partial charge >= 0.3 is 0 Å². The van der Waals surface area contributed by atoms with Crippen molar-refractivity contribution in [3.05, 3.63) is 58.6 Å². The summed E-state index contributed by atoms with van der Waals surface area (Å²) >= 11 is 3.41. The topological polar surface area (TPSA) is 44.5 Å². The first-order valence-electron chi connectivity index (χ1n) is 6.59. The van der Waals surface area contributed by atoms with Crippen LogP contribution in [0.2, 0.25) is 0 Å². The Morgan fingerprint density at radius 1 is 0.950 bits per heavy atom. The van der Waals surface area contributed by atoms with Gasteiger partial charge in [0, 0.05) is 4.47 Å². The molecule has 0 unspecified atom stereocenters. The van der Waals surface area contributed by atoms with Crippen LogP contribution in [-0.2, 0) is 6.42 Å². The third kappa shape index (κ3) is 4.54. The van der Waals surface area contributed by atoms with Gasteiger partial charge in [-0.3, -0.25) is 0 Å². The lowest BCUT2D eigenvalue weighted by atomic mass is 10.1. The number of halogens is 1. The van der Waals surface area contributed by atoms with Gasteiger partial charge in [-0.1, -0.05) is 40.2 Å². The summed E-state index contributed by atoms with van der Waals surface area (Å²) in [5, 5.41) is 0. The van der Waals surface area contributed by atoms with Crippen LogP contribution in [0.3, 0.4) is 0 Å². The summed E-state index contributed by atoms with van der Waals surface area (Å²) in [6.45, 7) is 1.64. The zero-order valence-corrected chi connectivity index (χ0v) is 12.8. The molecule has 0 radical (unpaired) electrons. The van der Waals surface area contributed by atoms with Crippen LogP contribution in [0.25, 0.3) is 0 Å². The molecule has 2 aromatic carbocycles. The highest BCUT2D eigenvalue weighted by Crippen LogP contribution is 2.19. The second-order valence-electron chi connectivity index (χ2n) is 4.30. The fraction of sp³-hybridized carbons (Fsp3) is 0.250. The molecule has 2 rings (SSSR count). The monoisotopic (exact) mass is 335 g/mol. The minimum absolute atomic E-state index is 0.507. The van der Waals surface area contributed by atoms with Crippen molar-refractivity contribution in [2.45, 2.75) is 6.42 Å². The SMILES string of the molecule is NCCc1ccccc1OCCOc1cccc(Br)c1. The van der Waals surface area contributed by atoms with E-state index in [4.69, 9.17) is 15.2 Å². The Labute approximate surface area is 127 Å². The van der Waals surface area contributed by atoms with Gasteiger partial charge in [0.2, 0.25) is 0 Å². The summed E-state index contributed by atoms with van der Waals surface area (Å²) in [4.78, 5) is 0. The Hall–Kier alpha value is -1.52. The molecule has 4 heteroatoms. The molecule has 106 valence electrons. The lowest BCUT2D eigenvalue weighted by Gasteiger charge is -2.11. The molecule has 0 aliphatic rings. The zero-order chi connectivity index (χ0) is 14.2. The molecule has 0 atom stereocenters. The molecule has 2 N–H and O–H groups in total. The number of hydrogen-bond acceptors (Lipinski definition) is 3. The number of benzene rings is 2. The molecule has 0 amide bonds. The lowest BCUT2D eigenvalue weighted by Crippen LogP contribution is -2.11. The molecule has 0 fully saturated rings. The quantitative estimate of drug-likeness (QED) is 0.788. The van der Waals surface area contributed by atoms with E-state index in [2.05, 4.69) is 15.9 Å². The van der Waals surface area contributed by atoms with Crippen LogP contribution in [0.15, 0.2) is 53.0 Å². The summed E-state index contributed by atoms with van der Waals surface area (Å²) in [5.41, 5.74) is 6.73. The van der Waals surface area contributed by atoms with Crippen LogP contribution >= 0.6 is 15.9 Å². The van der Waals surface area contributed by atoms with Crippen LogP contribution in [0.1, 0.15) is 5.56 Å². The van der Waals surface area contributed by atoms with E-state index in [0.717, 1.165) is 28.0 Å². The third-order valence-corrected chi connectivity index (χ3v) is 3.29. The number of nitrogens with two attached hydrogens (primary N) is 1. The Morgan fingerprint density at radius 2 is 1.75 bits per heavy atom. The van der Waals surface area contributed by atoms with Crippen molar-refractivity contribution >= 4 is 15.9 Å². The number of rotatable bonds is 7. The summed E-state index contributed by atoms with van der Waals surface area (Å²) < 4.78 is 12.4. The van der Waals surface area contributed by atoms with Gasteiger partial charge in [-0.15, -0.1) is 0 Å². The summed E-state index contributed by atoms with van der Waals surface area (Å²) in [7, 11) is 0. The van der Waals surface area contributed by atoms with Crippen LogP contribution in [0, 0.1) is 0 Å². The molecule has 0 bridgehead atoms. The largest absolute Gasteiger partial charge is 0.490 e. The van der Waals surface area contributed by atoms with Crippen LogP contribution < -0.4 is 15.2 Å². The first-order valence-corrected chi connectivity index (χ1v) is 7.38. The predicted octanol–water partition coefficient (Wildman–Crippen LogP) is 3.41. The van der Waals surface area contributed by atoms with E-state index < -0.39 is 0 Å². The second kappa shape index (κ2) is 7.92. The molecule has 0 aromatic heterocycles. The van der Waals surface area contributed by atoms with E-state index in [9.17, 15) is 0 Å². The third-order valence-electron chi connectivity index (χ3n) is 2.79. The molecule has 2 aromatic rings. The van der Waals surface area contributed by atoms with Gasteiger partial charge < -0.3 is 15.2 Å². The van der Waals surface area contributed by atoms with Gasteiger partial charge in [-0.2, -0.15) is 0 Å². The Kier molecular flexibility index (Phi) is 5.89. The van der Waals surface area contributed by atoms with Gasteiger partial charge in [-0.25, -0.2) is 0 Å². The number of para-hydroxylation sites is 1. The van der Waals surface area contributed by atoms with Crippen LogP contribution in [-0.4, -0.2) is 19.8 Å². The normalized spacial score (nSPS) is 10.3. The first kappa shape index (κ1) is 14.9. The first-order chi connectivity index (χ1) is 9.79. The standard InChI is InChI=1S/C16H18BrNO2/c17-14-5-3-6-15(12-14)19-10-11-20-16-7-2-1-4-13(16)8-9-18/h1-7,12H,8-11,18H2. The van der Waals surface area contributed by atoms with Crippen molar-refractivity contribution in [2.24, 2.45) is 5.73 Å². The summed E-state index contributed by atoms with van der Waals surface area (Å²) in [6, 6.07) is 15.7. The molecule has 0 aliphatic carbocycles. The maximum absolute atomic E-state index is 5.75. The number of ether oxygens (including phenoxy) is 2. The predicted molar refractivity (Wildman–Crippen MR) is 84.3 cm³/mol. The molecule has 0 spiro atoms. The average molecular weight is 336 g/mol. The van der Waals surface area contributed by atoms with Crippen molar-refractivity contribution in [1.82, 2.24) is 0 Å². The maximum atomic E-state index is 5.75. The van der Waals surface area contributed by atoms with Gasteiger partial charge in [0.15, 0.2) is 0 Å². The Balaban J connectivity index is 1.81. The van der Waals surface area contributed by atoms with E-state index in [1.54, 1.807) is 0 Å².